The Morgan fingerprint density at radius 3 is 2.59 bits per heavy atom. The molecule has 27 heavy (non-hydrogen) atoms. The molecule has 1 fully saturated rings. The minimum absolute atomic E-state index is 0.0403. The lowest BCUT2D eigenvalue weighted by Crippen LogP contribution is -2.25. The molecule has 1 N–H and O–H groups in total. The van der Waals surface area contributed by atoms with Crippen molar-refractivity contribution in [3.63, 3.8) is 0 Å². The summed E-state index contributed by atoms with van der Waals surface area (Å²) in [5.74, 6) is 0. The number of rotatable bonds is 4. The molecule has 6 heteroatoms. The molecule has 0 radical (unpaired) electrons. The van der Waals surface area contributed by atoms with Gasteiger partial charge in [0, 0.05) is 43.6 Å². The zero-order valence-corrected chi connectivity index (χ0v) is 16.6. The molecule has 3 aromatic heterocycles. The predicted molar refractivity (Wildman–Crippen MR) is 110 cm³/mol. The molecule has 0 saturated carbocycles. The predicted octanol–water partition coefficient (Wildman–Crippen LogP) is 3.55. The van der Waals surface area contributed by atoms with E-state index in [4.69, 9.17) is 12.2 Å². The van der Waals surface area contributed by atoms with Gasteiger partial charge in [-0.05, 0) is 67.5 Å². The molecular weight excluding hydrogens is 354 g/mol. The van der Waals surface area contributed by atoms with Crippen LogP contribution in [0, 0.1) is 13.8 Å². The maximum Gasteiger partial charge on any atom is 0.169 e. The van der Waals surface area contributed by atoms with Gasteiger partial charge in [-0.1, -0.05) is 6.07 Å². The molecule has 1 aliphatic heterocycles. The van der Waals surface area contributed by atoms with E-state index in [9.17, 15) is 0 Å². The number of aromatic nitrogens is 3. The molecule has 138 valence electrons. The molecule has 0 aromatic carbocycles. The topological polar surface area (TPSA) is 46.0 Å². The van der Waals surface area contributed by atoms with Gasteiger partial charge in [0.05, 0.1) is 17.8 Å². The molecule has 0 bridgehead atoms. The van der Waals surface area contributed by atoms with Crippen molar-refractivity contribution in [3.05, 3.63) is 83.2 Å². The Balaban J connectivity index is 1.73. The number of pyridine rings is 2. The fourth-order valence-electron chi connectivity index (χ4n) is 3.89. The van der Waals surface area contributed by atoms with Crippen LogP contribution in [0.1, 0.15) is 40.3 Å². The third-order valence-electron chi connectivity index (χ3n) is 5.36. The summed E-state index contributed by atoms with van der Waals surface area (Å²) in [6.45, 7) is 5.19. The van der Waals surface area contributed by atoms with Crippen molar-refractivity contribution in [1.29, 1.82) is 0 Å². The van der Waals surface area contributed by atoms with Crippen LogP contribution in [0.15, 0.2) is 55.0 Å². The Labute approximate surface area is 165 Å². The van der Waals surface area contributed by atoms with Crippen LogP contribution in [-0.4, -0.2) is 31.6 Å². The number of likely N-dealkylation sites (N-methyl/N-ethyl adjacent to an activating group) is 1. The summed E-state index contributed by atoms with van der Waals surface area (Å²) in [4.78, 5) is 10.8. The largest absolute Gasteiger partial charge is 0.352 e. The third kappa shape index (κ3) is 3.21. The molecule has 4 heterocycles. The lowest BCUT2D eigenvalue weighted by atomic mass is 9.97. The second kappa shape index (κ2) is 7.12. The Hall–Kier alpha value is -2.73. The molecule has 0 amide bonds. The monoisotopic (exact) mass is 377 g/mol. The summed E-state index contributed by atoms with van der Waals surface area (Å²) in [5.41, 5.74) is 6.03. The maximum absolute atomic E-state index is 5.56. The van der Waals surface area contributed by atoms with E-state index in [2.05, 4.69) is 69.9 Å². The van der Waals surface area contributed by atoms with Crippen molar-refractivity contribution in [3.8, 4) is 0 Å². The van der Waals surface area contributed by atoms with E-state index in [1.165, 1.54) is 22.5 Å². The molecule has 4 rings (SSSR count). The van der Waals surface area contributed by atoms with Gasteiger partial charge in [0.2, 0.25) is 0 Å². The van der Waals surface area contributed by atoms with E-state index in [-0.39, 0.29) is 12.1 Å². The summed E-state index contributed by atoms with van der Waals surface area (Å²) >= 11 is 5.56. The van der Waals surface area contributed by atoms with Gasteiger partial charge < -0.3 is 14.8 Å². The van der Waals surface area contributed by atoms with E-state index in [0.29, 0.717) is 0 Å². The molecular formula is C21H23N5S. The van der Waals surface area contributed by atoms with Crippen LogP contribution in [0.4, 0.5) is 0 Å². The first kappa shape index (κ1) is 17.7. The van der Waals surface area contributed by atoms with Crippen molar-refractivity contribution in [2.75, 3.05) is 7.05 Å². The normalized spacial score (nSPS) is 19.4. The van der Waals surface area contributed by atoms with E-state index in [0.717, 1.165) is 17.4 Å². The minimum Gasteiger partial charge on any atom is -0.352 e. The quantitative estimate of drug-likeness (QED) is 0.705. The Morgan fingerprint density at radius 1 is 1.11 bits per heavy atom. The summed E-state index contributed by atoms with van der Waals surface area (Å²) in [6.07, 6.45) is 5.52. The molecule has 3 aromatic rings. The summed E-state index contributed by atoms with van der Waals surface area (Å²) < 4.78 is 2.36. The highest BCUT2D eigenvalue weighted by Crippen LogP contribution is 2.39. The molecule has 0 spiro atoms. The summed E-state index contributed by atoms with van der Waals surface area (Å²) in [6, 6.07) is 12.6. The molecule has 0 unspecified atom stereocenters. The molecule has 1 saturated heterocycles. The molecule has 0 aliphatic carbocycles. The Bertz CT molecular complexity index is 951. The number of hydrogen-bond acceptors (Lipinski definition) is 3. The fraction of sp³-hybridized carbons (Fsp3) is 0.286. The maximum atomic E-state index is 5.56. The first-order valence-corrected chi connectivity index (χ1v) is 9.47. The number of aryl methyl sites for hydroxylation is 1. The van der Waals surface area contributed by atoms with Crippen LogP contribution in [-0.2, 0) is 6.54 Å². The highest BCUT2D eigenvalue weighted by Gasteiger charge is 2.39. The zero-order valence-electron chi connectivity index (χ0n) is 15.8. The highest BCUT2D eigenvalue weighted by molar-refractivity contribution is 7.80. The van der Waals surface area contributed by atoms with Crippen LogP contribution in [0.25, 0.3) is 0 Å². The van der Waals surface area contributed by atoms with E-state index < -0.39 is 0 Å². The smallest absolute Gasteiger partial charge is 0.169 e. The van der Waals surface area contributed by atoms with Crippen molar-refractivity contribution in [1.82, 2.24) is 24.8 Å². The van der Waals surface area contributed by atoms with Crippen LogP contribution in [0.2, 0.25) is 0 Å². The van der Waals surface area contributed by atoms with Gasteiger partial charge in [-0.3, -0.25) is 9.97 Å². The van der Waals surface area contributed by atoms with Crippen molar-refractivity contribution in [2.24, 2.45) is 0 Å². The number of nitrogens with zero attached hydrogens (tertiary/aromatic N) is 4. The Kier molecular flexibility index (Phi) is 4.66. The minimum atomic E-state index is 0.0403. The summed E-state index contributed by atoms with van der Waals surface area (Å²) in [7, 11) is 2.05. The van der Waals surface area contributed by atoms with Crippen molar-refractivity contribution in [2.45, 2.75) is 32.5 Å². The number of hydrogen-bond donors (Lipinski definition) is 1. The van der Waals surface area contributed by atoms with Gasteiger partial charge >= 0.3 is 0 Å². The van der Waals surface area contributed by atoms with Gasteiger partial charge in [0.15, 0.2) is 5.11 Å². The molecule has 2 atom stereocenters. The number of thiocarbonyl (C=S) groups is 1. The van der Waals surface area contributed by atoms with Crippen LogP contribution in [0.5, 0.6) is 0 Å². The van der Waals surface area contributed by atoms with E-state index in [1.54, 1.807) is 0 Å². The lowest BCUT2D eigenvalue weighted by molar-refractivity contribution is 0.366. The van der Waals surface area contributed by atoms with Crippen molar-refractivity contribution >= 4 is 17.3 Å². The average Bonchev–Trinajstić information content (AvgIpc) is 3.13. The van der Waals surface area contributed by atoms with Gasteiger partial charge in [0.25, 0.3) is 0 Å². The van der Waals surface area contributed by atoms with Crippen LogP contribution >= 0.6 is 12.2 Å². The lowest BCUT2D eigenvalue weighted by Gasteiger charge is -2.24. The first-order chi connectivity index (χ1) is 13.1. The second-order valence-corrected chi connectivity index (χ2v) is 7.39. The summed E-state index contributed by atoms with van der Waals surface area (Å²) in [5, 5.41) is 4.21. The second-order valence-electron chi connectivity index (χ2n) is 7.01. The van der Waals surface area contributed by atoms with Crippen LogP contribution < -0.4 is 5.32 Å². The first-order valence-electron chi connectivity index (χ1n) is 9.06. The van der Waals surface area contributed by atoms with Gasteiger partial charge in [-0.15, -0.1) is 0 Å². The van der Waals surface area contributed by atoms with Crippen LogP contribution in [0.3, 0.4) is 0 Å². The molecule has 5 nitrogen and oxygen atoms in total. The highest BCUT2D eigenvalue weighted by atomic mass is 32.1. The number of nitrogens with one attached hydrogen (secondary N) is 1. The standard InChI is InChI=1S/C21H23N5S/c1-14-12-17(15(2)26(14)13-16-7-10-22-11-8-16)20-19(24-21(27)25(20)3)18-6-4-5-9-23-18/h4-12,19-20H,13H2,1-3H3,(H,24,27)/t19-,20+/m1/s1. The van der Waals surface area contributed by atoms with E-state index >= 15 is 0 Å². The zero-order chi connectivity index (χ0) is 19.0. The molecule has 1 aliphatic rings. The fourth-order valence-corrected chi connectivity index (χ4v) is 4.13. The van der Waals surface area contributed by atoms with Gasteiger partial charge in [-0.25, -0.2) is 0 Å². The van der Waals surface area contributed by atoms with Crippen molar-refractivity contribution < 1.29 is 0 Å². The van der Waals surface area contributed by atoms with Gasteiger partial charge in [0.1, 0.15) is 0 Å². The SMILES string of the molecule is Cc1cc([C@H]2[C@@H](c3ccccn3)NC(=S)N2C)c(C)n1Cc1ccncc1. The van der Waals surface area contributed by atoms with Gasteiger partial charge in [-0.2, -0.15) is 0 Å². The van der Waals surface area contributed by atoms with E-state index in [1.807, 2.05) is 30.7 Å². The Morgan fingerprint density at radius 2 is 1.89 bits per heavy atom. The average molecular weight is 378 g/mol. The third-order valence-corrected chi connectivity index (χ3v) is 5.77.